The van der Waals surface area contributed by atoms with E-state index in [2.05, 4.69) is 29.8 Å². The third-order valence-corrected chi connectivity index (χ3v) is 6.18. The molecule has 3 N–H and O–H groups in total. The molecule has 0 saturated carbocycles. The molecule has 36 heavy (non-hydrogen) atoms. The van der Waals surface area contributed by atoms with Crippen molar-refractivity contribution in [3.05, 3.63) is 36.0 Å². The minimum Gasteiger partial charge on any atom is -0.487 e. The molecule has 0 aliphatic carbocycles. The van der Waals surface area contributed by atoms with Crippen LogP contribution in [-0.2, 0) is 14.4 Å². The second-order valence-corrected chi connectivity index (χ2v) is 11.0. The van der Waals surface area contributed by atoms with Gasteiger partial charge in [-0.25, -0.2) is 0 Å². The van der Waals surface area contributed by atoms with Crippen molar-refractivity contribution in [3.8, 4) is 5.75 Å². The first kappa shape index (κ1) is 29.4. The fraction of sp³-hybridized carbons (Fsp3) is 0.607. The maximum Gasteiger partial charge on any atom is 0.247 e. The predicted octanol–water partition coefficient (Wildman–Crippen LogP) is 3.18. The summed E-state index contributed by atoms with van der Waals surface area (Å²) in [5.41, 5.74) is 0.901. The highest BCUT2D eigenvalue weighted by atomic mass is 16.5. The lowest BCUT2D eigenvalue weighted by Gasteiger charge is -2.34. The topological polar surface area (TPSA) is 99.8 Å². The molecule has 0 aromatic heterocycles. The Kier molecular flexibility index (Phi) is 11.0. The number of hydrogen-bond acceptors (Lipinski definition) is 5. The van der Waals surface area contributed by atoms with Gasteiger partial charge >= 0.3 is 0 Å². The average Bonchev–Trinajstić information content (AvgIpc) is 2.78. The fourth-order valence-corrected chi connectivity index (χ4v) is 4.23. The number of ether oxygens (including phenoxy) is 1. The number of rotatable bonds is 8. The van der Waals surface area contributed by atoms with Crippen LogP contribution in [0.5, 0.6) is 5.75 Å². The molecule has 2 heterocycles. The molecule has 2 bridgehead atoms. The first-order chi connectivity index (χ1) is 16.9. The standard InChI is InChI=1S/C28H44N4O4/c1-17(2)15-22-26(33)29-14-13-20-9-11-21(12-10-20)36-25(19(5)6)24(28(35)30-22)31-27(34)23(32(7)8)16-18(3)4/h9-14,17-19,22-25H,15-16H2,1-8H3,(H,29,33)(H,30,35)(H,31,34)/b14-13-. The van der Waals surface area contributed by atoms with E-state index in [1.54, 1.807) is 12.3 Å². The number of nitrogens with zero attached hydrogens (tertiary/aromatic N) is 1. The molecular formula is C28H44N4O4. The SMILES string of the molecule is CC(C)CC1NC(=O)C(NC(=O)C(CC(C)C)N(C)C)C(C(C)C)Oc2ccc(cc2)/C=C\NC1=O. The number of benzene rings is 1. The van der Waals surface area contributed by atoms with Crippen molar-refractivity contribution in [3.63, 3.8) is 0 Å². The van der Waals surface area contributed by atoms with Crippen molar-refractivity contribution in [2.24, 2.45) is 17.8 Å². The fourth-order valence-electron chi connectivity index (χ4n) is 4.23. The second kappa shape index (κ2) is 13.4. The van der Waals surface area contributed by atoms with Crippen LogP contribution in [0.25, 0.3) is 6.08 Å². The van der Waals surface area contributed by atoms with Crippen LogP contribution in [0.1, 0.15) is 59.9 Å². The normalized spacial score (nSPS) is 22.7. The second-order valence-electron chi connectivity index (χ2n) is 11.0. The molecule has 1 aromatic rings. The van der Waals surface area contributed by atoms with Gasteiger partial charge in [0.15, 0.2) is 0 Å². The van der Waals surface area contributed by atoms with E-state index in [0.717, 1.165) is 5.56 Å². The van der Waals surface area contributed by atoms with Gasteiger partial charge in [0.25, 0.3) is 0 Å². The molecule has 0 spiro atoms. The zero-order valence-electron chi connectivity index (χ0n) is 23.0. The number of likely N-dealkylation sites (N-methyl/N-ethyl adjacent to an activating group) is 1. The molecule has 4 unspecified atom stereocenters. The Morgan fingerprint density at radius 3 is 2.17 bits per heavy atom. The van der Waals surface area contributed by atoms with Crippen LogP contribution in [0.2, 0.25) is 0 Å². The predicted molar refractivity (Wildman–Crippen MR) is 143 cm³/mol. The smallest absolute Gasteiger partial charge is 0.247 e. The van der Waals surface area contributed by atoms with Crippen molar-refractivity contribution in [2.75, 3.05) is 14.1 Å². The number of carbonyl (C=O) groups excluding carboxylic acids is 3. The molecule has 4 atom stereocenters. The summed E-state index contributed by atoms with van der Waals surface area (Å²) in [7, 11) is 3.71. The average molecular weight is 501 g/mol. The van der Waals surface area contributed by atoms with Gasteiger partial charge in [-0.3, -0.25) is 19.3 Å². The summed E-state index contributed by atoms with van der Waals surface area (Å²) in [6.07, 6.45) is 3.82. The van der Waals surface area contributed by atoms with Gasteiger partial charge in [0.2, 0.25) is 17.7 Å². The van der Waals surface area contributed by atoms with E-state index in [4.69, 9.17) is 4.74 Å². The van der Waals surface area contributed by atoms with Crippen LogP contribution in [0.15, 0.2) is 30.5 Å². The number of nitrogens with one attached hydrogen (secondary N) is 3. The lowest BCUT2D eigenvalue weighted by molar-refractivity contribution is -0.136. The van der Waals surface area contributed by atoms with Crippen LogP contribution in [0.3, 0.4) is 0 Å². The summed E-state index contributed by atoms with van der Waals surface area (Å²) < 4.78 is 6.31. The minimum atomic E-state index is -0.993. The van der Waals surface area contributed by atoms with Gasteiger partial charge in [-0.05, 0) is 68.5 Å². The molecule has 1 aromatic carbocycles. The number of fused-ring (bicyclic) bond motifs is 10. The van der Waals surface area contributed by atoms with Gasteiger partial charge in [-0.15, -0.1) is 0 Å². The third kappa shape index (κ3) is 8.66. The third-order valence-electron chi connectivity index (χ3n) is 6.18. The minimum absolute atomic E-state index is 0.103. The summed E-state index contributed by atoms with van der Waals surface area (Å²) >= 11 is 0. The number of hydrogen-bond donors (Lipinski definition) is 3. The maximum atomic E-state index is 13.7. The van der Waals surface area contributed by atoms with Crippen LogP contribution in [0.4, 0.5) is 0 Å². The van der Waals surface area contributed by atoms with Crippen molar-refractivity contribution >= 4 is 23.8 Å². The van der Waals surface area contributed by atoms with E-state index in [0.29, 0.717) is 24.5 Å². The molecule has 0 radical (unpaired) electrons. The van der Waals surface area contributed by atoms with Crippen LogP contribution >= 0.6 is 0 Å². The Morgan fingerprint density at radius 2 is 1.64 bits per heavy atom. The quantitative estimate of drug-likeness (QED) is 0.509. The monoisotopic (exact) mass is 500 g/mol. The molecule has 8 heteroatoms. The Balaban J connectivity index is 2.50. The zero-order valence-corrected chi connectivity index (χ0v) is 23.0. The summed E-state index contributed by atoms with van der Waals surface area (Å²) in [5.74, 6) is -0.0262. The first-order valence-electron chi connectivity index (χ1n) is 12.9. The van der Waals surface area contributed by atoms with Crippen molar-refractivity contribution in [1.29, 1.82) is 0 Å². The van der Waals surface area contributed by atoms with Crippen LogP contribution < -0.4 is 20.7 Å². The van der Waals surface area contributed by atoms with E-state index < -0.39 is 30.1 Å². The molecule has 200 valence electrons. The van der Waals surface area contributed by atoms with Crippen molar-refractivity contribution < 1.29 is 19.1 Å². The van der Waals surface area contributed by atoms with Gasteiger partial charge in [-0.2, -0.15) is 0 Å². The van der Waals surface area contributed by atoms with E-state index in [-0.39, 0.29) is 23.7 Å². The highest BCUT2D eigenvalue weighted by Crippen LogP contribution is 2.21. The van der Waals surface area contributed by atoms with E-state index in [1.807, 2.05) is 71.0 Å². The van der Waals surface area contributed by atoms with Gasteiger partial charge < -0.3 is 20.7 Å². The summed E-state index contributed by atoms with van der Waals surface area (Å²) in [6.45, 7) is 12.0. The summed E-state index contributed by atoms with van der Waals surface area (Å²) in [6, 6.07) is 5.25. The molecule has 0 fully saturated rings. The van der Waals surface area contributed by atoms with Gasteiger partial charge in [0, 0.05) is 6.20 Å². The Bertz CT molecular complexity index is 909. The molecule has 2 aliphatic rings. The molecular weight excluding hydrogens is 456 g/mol. The molecule has 0 saturated heterocycles. The summed E-state index contributed by atoms with van der Waals surface area (Å²) in [4.78, 5) is 42.0. The number of carbonyl (C=O) groups is 3. The highest BCUT2D eigenvalue weighted by molar-refractivity contribution is 5.93. The van der Waals surface area contributed by atoms with E-state index in [9.17, 15) is 14.4 Å². The maximum absolute atomic E-state index is 13.7. The van der Waals surface area contributed by atoms with Crippen LogP contribution in [-0.4, -0.2) is 60.9 Å². The van der Waals surface area contributed by atoms with Gasteiger partial charge in [0.1, 0.15) is 23.9 Å². The summed E-state index contributed by atoms with van der Waals surface area (Å²) in [5, 5.41) is 8.67. The van der Waals surface area contributed by atoms with E-state index >= 15 is 0 Å². The van der Waals surface area contributed by atoms with Crippen molar-refractivity contribution in [1.82, 2.24) is 20.9 Å². The molecule has 3 rings (SSSR count). The lowest BCUT2D eigenvalue weighted by Crippen LogP contribution is -2.61. The Hall–Kier alpha value is -2.87. The number of amides is 3. The lowest BCUT2D eigenvalue weighted by atomic mass is 9.95. The van der Waals surface area contributed by atoms with E-state index in [1.165, 1.54) is 0 Å². The Morgan fingerprint density at radius 1 is 1.00 bits per heavy atom. The zero-order chi connectivity index (χ0) is 27.0. The molecule has 8 nitrogen and oxygen atoms in total. The Labute approximate surface area is 216 Å². The van der Waals surface area contributed by atoms with Crippen molar-refractivity contribution in [2.45, 2.75) is 78.6 Å². The molecule has 2 aliphatic heterocycles. The first-order valence-corrected chi connectivity index (χ1v) is 12.9. The highest BCUT2D eigenvalue weighted by Gasteiger charge is 2.38. The van der Waals surface area contributed by atoms with Gasteiger partial charge in [0.05, 0.1) is 6.04 Å². The van der Waals surface area contributed by atoms with Crippen LogP contribution in [0, 0.1) is 17.8 Å². The van der Waals surface area contributed by atoms with Gasteiger partial charge in [-0.1, -0.05) is 53.7 Å². The molecule has 3 amide bonds. The largest absolute Gasteiger partial charge is 0.487 e.